The molecule has 0 radical (unpaired) electrons. The standard InChI is InChI=1S/C10H8Cl2N2O/c11-7-3-1-2-6-9(7)13-8(4-5-15)14-10(6)12/h1-3,15H,4-5H2. The number of hydrogen-bond donors (Lipinski definition) is 1. The van der Waals surface area contributed by atoms with Gasteiger partial charge in [0.05, 0.1) is 17.1 Å². The van der Waals surface area contributed by atoms with E-state index in [2.05, 4.69) is 9.97 Å². The summed E-state index contributed by atoms with van der Waals surface area (Å²) in [6.45, 7) is -0.00765. The molecule has 0 atom stereocenters. The SMILES string of the molecule is OCCc1nc(Cl)c2cccc(Cl)c2n1. The van der Waals surface area contributed by atoms with Gasteiger partial charge in [-0.15, -0.1) is 0 Å². The van der Waals surface area contributed by atoms with Crippen LogP contribution in [0.2, 0.25) is 10.2 Å². The second-order valence-electron chi connectivity index (χ2n) is 3.04. The highest BCUT2D eigenvalue weighted by Gasteiger charge is 2.07. The fourth-order valence-electron chi connectivity index (χ4n) is 1.33. The molecule has 0 saturated carbocycles. The molecule has 3 nitrogen and oxygen atoms in total. The Balaban J connectivity index is 2.68. The Morgan fingerprint density at radius 1 is 1.20 bits per heavy atom. The number of aromatic nitrogens is 2. The third-order valence-corrected chi connectivity index (χ3v) is 2.61. The van der Waals surface area contributed by atoms with E-state index in [0.29, 0.717) is 27.9 Å². The van der Waals surface area contributed by atoms with E-state index in [0.717, 1.165) is 5.39 Å². The maximum atomic E-state index is 8.80. The first-order valence-corrected chi connectivity index (χ1v) is 5.19. The van der Waals surface area contributed by atoms with E-state index in [1.807, 2.05) is 6.07 Å². The lowest BCUT2D eigenvalue weighted by Crippen LogP contribution is -1.99. The predicted molar refractivity (Wildman–Crippen MR) is 60.3 cm³/mol. The van der Waals surface area contributed by atoms with E-state index in [1.165, 1.54) is 0 Å². The number of benzene rings is 1. The number of fused-ring (bicyclic) bond motifs is 1. The van der Waals surface area contributed by atoms with Crippen molar-refractivity contribution in [1.29, 1.82) is 0 Å². The van der Waals surface area contributed by atoms with Crippen molar-refractivity contribution in [2.45, 2.75) is 6.42 Å². The summed E-state index contributed by atoms with van der Waals surface area (Å²) in [5, 5.41) is 10.4. The smallest absolute Gasteiger partial charge is 0.140 e. The Morgan fingerprint density at radius 2 is 2.00 bits per heavy atom. The largest absolute Gasteiger partial charge is 0.396 e. The van der Waals surface area contributed by atoms with Gasteiger partial charge in [0.2, 0.25) is 0 Å². The van der Waals surface area contributed by atoms with E-state index in [4.69, 9.17) is 28.3 Å². The zero-order chi connectivity index (χ0) is 10.8. The van der Waals surface area contributed by atoms with Gasteiger partial charge >= 0.3 is 0 Å². The molecule has 2 rings (SSSR count). The van der Waals surface area contributed by atoms with E-state index in [-0.39, 0.29) is 6.61 Å². The molecule has 1 heterocycles. The van der Waals surface area contributed by atoms with Gasteiger partial charge in [-0.2, -0.15) is 0 Å². The van der Waals surface area contributed by atoms with Gasteiger partial charge in [-0.3, -0.25) is 0 Å². The Labute approximate surface area is 96.7 Å². The Morgan fingerprint density at radius 3 is 2.73 bits per heavy atom. The Bertz CT molecular complexity index is 502. The van der Waals surface area contributed by atoms with Crippen molar-refractivity contribution < 1.29 is 5.11 Å². The van der Waals surface area contributed by atoms with Crippen LogP contribution in [-0.2, 0) is 6.42 Å². The van der Waals surface area contributed by atoms with E-state index < -0.39 is 0 Å². The molecular formula is C10H8Cl2N2O. The first kappa shape index (κ1) is 10.6. The number of para-hydroxylation sites is 1. The minimum absolute atomic E-state index is 0.00765. The number of aliphatic hydroxyl groups is 1. The van der Waals surface area contributed by atoms with Crippen LogP contribution in [0.15, 0.2) is 18.2 Å². The molecule has 15 heavy (non-hydrogen) atoms. The minimum atomic E-state index is -0.00765. The summed E-state index contributed by atoms with van der Waals surface area (Å²) in [4.78, 5) is 8.31. The summed E-state index contributed by atoms with van der Waals surface area (Å²) < 4.78 is 0. The summed E-state index contributed by atoms with van der Waals surface area (Å²) in [6, 6.07) is 5.35. The van der Waals surface area contributed by atoms with Crippen LogP contribution in [0.25, 0.3) is 10.9 Å². The van der Waals surface area contributed by atoms with Crippen LogP contribution in [0.1, 0.15) is 5.82 Å². The van der Waals surface area contributed by atoms with Gasteiger partial charge in [0, 0.05) is 11.8 Å². The fourth-order valence-corrected chi connectivity index (χ4v) is 1.80. The van der Waals surface area contributed by atoms with Crippen molar-refractivity contribution in [3.63, 3.8) is 0 Å². The van der Waals surface area contributed by atoms with Gasteiger partial charge in [-0.1, -0.05) is 29.3 Å². The number of nitrogens with zero attached hydrogens (tertiary/aromatic N) is 2. The van der Waals surface area contributed by atoms with E-state index in [9.17, 15) is 0 Å². The highest BCUT2D eigenvalue weighted by Crippen LogP contribution is 2.26. The van der Waals surface area contributed by atoms with Crippen LogP contribution in [0.5, 0.6) is 0 Å². The predicted octanol–water partition coefficient (Wildman–Crippen LogP) is 2.47. The summed E-state index contributed by atoms with van der Waals surface area (Å²) >= 11 is 12.0. The molecule has 0 bridgehead atoms. The van der Waals surface area contributed by atoms with Gasteiger partial charge in [0.1, 0.15) is 11.0 Å². The zero-order valence-corrected chi connectivity index (χ0v) is 9.26. The van der Waals surface area contributed by atoms with Crippen molar-refractivity contribution in [3.05, 3.63) is 34.2 Å². The molecule has 0 spiro atoms. The lowest BCUT2D eigenvalue weighted by molar-refractivity contribution is 0.297. The van der Waals surface area contributed by atoms with Crippen LogP contribution >= 0.6 is 23.2 Å². The average molecular weight is 243 g/mol. The van der Waals surface area contributed by atoms with Gasteiger partial charge in [-0.05, 0) is 12.1 Å². The minimum Gasteiger partial charge on any atom is -0.396 e. The van der Waals surface area contributed by atoms with Crippen molar-refractivity contribution in [2.75, 3.05) is 6.61 Å². The van der Waals surface area contributed by atoms with Crippen molar-refractivity contribution in [2.24, 2.45) is 0 Å². The second-order valence-corrected chi connectivity index (χ2v) is 3.81. The molecule has 0 saturated heterocycles. The van der Waals surface area contributed by atoms with Crippen molar-refractivity contribution >= 4 is 34.1 Å². The van der Waals surface area contributed by atoms with Crippen LogP contribution < -0.4 is 0 Å². The average Bonchev–Trinajstić information content (AvgIpc) is 2.20. The second kappa shape index (κ2) is 4.31. The highest BCUT2D eigenvalue weighted by molar-refractivity contribution is 6.38. The first-order valence-electron chi connectivity index (χ1n) is 4.44. The molecule has 2 aromatic rings. The van der Waals surface area contributed by atoms with Gasteiger partial charge in [0.25, 0.3) is 0 Å². The monoisotopic (exact) mass is 242 g/mol. The van der Waals surface area contributed by atoms with Crippen molar-refractivity contribution in [3.8, 4) is 0 Å². The molecule has 1 aromatic heterocycles. The normalized spacial score (nSPS) is 10.9. The maximum absolute atomic E-state index is 8.80. The third kappa shape index (κ3) is 2.04. The Hall–Kier alpha value is -0.900. The lowest BCUT2D eigenvalue weighted by Gasteiger charge is -2.04. The van der Waals surface area contributed by atoms with Crippen LogP contribution in [-0.4, -0.2) is 21.7 Å². The topological polar surface area (TPSA) is 46.0 Å². The fraction of sp³-hybridized carbons (Fsp3) is 0.200. The molecule has 0 aliphatic heterocycles. The highest BCUT2D eigenvalue weighted by atomic mass is 35.5. The Kier molecular flexibility index (Phi) is 3.05. The third-order valence-electron chi connectivity index (χ3n) is 2.01. The van der Waals surface area contributed by atoms with Gasteiger partial charge in [0.15, 0.2) is 0 Å². The molecule has 5 heteroatoms. The van der Waals surface area contributed by atoms with E-state index in [1.54, 1.807) is 12.1 Å². The molecule has 1 N–H and O–H groups in total. The summed E-state index contributed by atoms with van der Waals surface area (Å²) in [6.07, 6.45) is 0.376. The number of hydrogen-bond acceptors (Lipinski definition) is 3. The van der Waals surface area contributed by atoms with Gasteiger partial charge in [-0.25, -0.2) is 9.97 Å². The summed E-state index contributed by atoms with van der Waals surface area (Å²) in [5.41, 5.74) is 0.627. The van der Waals surface area contributed by atoms with Crippen LogP contribution in [0.3, 0.4) is 0 Å². The quantitative estimate of drug-likeness (QED) is 0.824. The number of rotatable bonds is 2. The molecule has 0 aliphatic carbocycles. The summed E-state index contributed by atoms with van der Waals surface area (Å²) in [7, 11) is 0. The number of aliphatic hydroxyl groups excluding tert-OH is 1. The maximum Gasteiger partial charge on any atom is 0.140 e. The molecule has 1 aromatic carbocycles. The van der Waals surface area contributed by atoms with Crippen molar-refractivity contribution in [1.82, 2.24) is 9.97 Å². The molecule has 0 amide bonds. The van der Waals surface area contributed by atoms with Gasteiger partial charge < -0.3 is 5.11 Å². The number of halogens is 2. The molecule has 0 fully saturated rings. The first-order chi connectivity index (χ1) is 7.22. The lowest BCUT2D eigenvalue weighted by atomic mass is 10.2. The summed E-state index contributed by atoms with van der Waals surface area (Å²) in [5.74, 6) is 0.503. The van der Waals surface area contributed by atoms with Crippen LogP contribution in [0.4, 0.5) is 0 Å². The molecular weight excluding hydrogens is 235 g/mol. The van der Waals surface area contributed by atoms with Crippen LogP contribution in [0, 0.1) is 0 Å². The molecule has 0 unspecified atom stereocenters. The zero-order valence-electron chi connectivity index (χ0n) is 7.74. The molecule has 78 valence electrons. The molecule has 0 aliphatic rings. The van der Waals surface area contributed by atoms with E-state index >= 15 is 0 Å².